The first-order valence-corrected chi connectivity index (χ1v) is 7.68. The van der Waals surface area contributed by atoms with Gasteiger partial charge in [0.1, 0.15) is 12.0 Å². The highest BCUT2D eigenvalue weighted by Crippen LogP contribution is 2.40. The first kappa shape index (κ1) is 15.7. The zero-order chi connectivity index (χ0) is 16.6. The van der Waals surface area contributed by atoms with E-state index in [0.29, 0.717) is 44.6 Å². The van der Waals surface area contributed by atoms with Gasteiger partial charge in [-0.05, 0) is 19.3 Å². The summed E-state index contributed by atoms with van der Waals surface area (Å²) in [5.74, 6) is -0.0603. The maximum absolute atomic E-state index is 12.4. The van der Waals surface area contributed by atoms with Crippen molar-refractivity contribution in [2.75, 3.05) is 18.0 Å². The molecule has 2 amide bonds. The quantitative estimate of drug-likeness (QED) is 0.499. The first-order chi connectivity index (χ1) is 10.9. The molecule has 0 saturated carbocycles. The molecule has 3 heterocycles. The molecule has 122 valence electrons. The van der Waals surface area contributed by atoms with Crippen molar-refractivity contribution in [3.63, 3.8) is 0 Å². The number of aromatic nitrogens is 1. The molecule has 0 radical (unpaired) electrons. The smallest absolute Gasteiger partial charge is 0.289 e. The summed E-state index contributed by atoms with van der Waals surface area (Å²) < 4.78 is 0. The molecule has 1 aromatic heterocycles. The molecule has 2 aliphatic rings. The van der Waals surface area contributed by atoms with Gasteiger partial charge in [0.05, 0.1) is 15.4 Å². The summed E-state index contributed by atoms with van der Waals surface area (Å²) in [6.45, 7) is 0.961. The van der Waals surface area contributed by atoms with Crippen LogP contribution in [-0.2, 0) is 9.59 Å². The maximum atomic E-state index is 12.4. The Bertz CT molecular complexity index is 695. The number of carbonyl (C=O) groups excluding carboxylic acids is 2. The van der Waals surface area contributed by atoms with Crippen molar-refractivity contribution in [2.24, 2.45) is 5.41 Å². The fourth-order valence-corrected chi connectivity index (χ4v) is 3.50. The van der Waals surface area contributed by atoms with Crippen molar-refractivity contribution in [1.82, 2.24) is 10.3 Å². The van der Waals surface area contributed by atoms with Crippen molar-refractivity contribution in [3.05, 3.63) is 27.4 Å². The Kier molecular flexibility index (Phi) is 3.93. The highest BCUT2D eigenvalue weighted by molar-refractivity contribution is 6.33. The summed E-state index contributed by atoms with van der Waals surface area (Å²) in [5, 5.41) is 13.4. The third-order valence-electron chi connectivity index (χ3n) is 4.47. The summed E-state index contributed by atoms with van der Waals surface area (Å²) >= 11 is 6.11. The van der Waals surface area contributed by atoms with E-state index in [0.717, 1.165) is 6.20 Å². The third-order valence-corrected chi connectivity index (χ3v) is 4.74. The average Bonchev–Trinajstić information content (AvgIpc) is 2.86. The van der Waals surface area contributed by atoms with Gasteiger partial charge in [-0.3, -0.25) is 25.0 Å². The largest absolute Gasteiger partial charge is 0.354 e. The maximum Gasteiger partial charge on any atom is 0.289 e. The molecule has 1 atom stereocenters. The molecule has 1 unspecified atom stereocenters. The first-order valence-electron chi connectivity index (χ1n) is 7.30. The van der Waals surface area contributed by atoms with Gasteiger partial charge in [-0.25, -0.2) is 4.98 Å². The van der Waals surface area contributed by atoms with E-state index in [2.05, 4.69) is 10.3 Å². The number of pyridine rings is 1. The Morgan fingerprint density at radius 1 is 1.39 bits per heavy atom. The number of halogens is 1. The third kappa shape index (κ3) is 2.86. The molecule has 2 fully saturated rings. The zero-order valence-electron chi connectivity index (χ0n) is 12.2. The standard InChI is InChI=1S/C14H15ClN4O4/c15-10-6-9(19(22)23)7-16-12(10)18-5-4-14(8-18)3-1-2-11(20)17-13(14)21/h6-7H,1-5,8H2,(H,17,20,21). The molecular weight excluding hydrogens is 324 g/mol. The van der Waals surface area contributed by atoms with Crippen molar-refractivity contribution in [1.29, 1.82) is 0 Å². The van der Waals surface area contributed by atoms with E-state index in [1.165, 1.54) is 6.07 Å². The minimum Gasteiger partial charge on any atom is -0.354 e. The molecule has 2 saturated heterocycles. The average molecular weight is 339 g/mol. The van der Waals surface area contributed by atoms with Crippen LogP contribution in [0.2, 0.25) is 5.02 Å². The molecule has 1 N–H and O–H groups in total. The molecular formula is C14H15ClN4O4. The van der Waals surface area contributed by atoms with E-state index >= 15 is 0 Å². The number of anilines is 1. The van der Waals surface area contributed by atoms with E-state index in [1.807, 2.05) is 4.90 Å². The molecule has 1 spiro atoms. The molecule has 0 aliphatic carbocycles. The monoisotopic (exact) mass is 338 g/mol. The Balaban J connectivity index is 1.83. The van der Waals surface area contributed by atoms with Crippen LogP contribution in [0, 0.1) is 15.5 Å². The fourth-order valence-electron chi connectivity index (χ4n) is 3.22. The van der Waals surface area contributed by atoms with Crippen LogP contribution in [0.5, 0.6) is 0 Å². The fraction of sp³-hybridized carbons (Fsp3) is 0.500. The van der Waals surface area contributed by atoms with E-state index in [-0.39, 0.29) is 22.5 Å². The number of hydrogen-bond donors (Lipinski definition) is 1. The van der Waals surface area contributed by atoms with Gasteiger partial charge >= 0.3 is 0 Å². The van der Waals surface area contributed by atoms with Crippen LogP contribution in [0.4, 0.5) is 11.5 Å². The predicted octanol–water partition coefficient (Wildman–Crippen LogP) is 1.67. The minimum atomic E-state index is -0.626. The predicted molar refractivity (Wildman–Crippen MR) is 82.2 cm³/mol. The highest BCUT2D eigenvalue weighted by atomic mass is 35.5. The van der Waals surface area contributed by atoms with E-state index in [4.69, 9.17) is 11.6 Å². The van der Waals surface area contributed by atoms with Crippen LogP contribution in [0.25, 0.3) is 0 Å². The molecule has 3 rings (SSSR count). The second-order valence-corrected chi connectivity index (χ2v) is 6.35. The van der Waals surface area contributed by atoms with Gasteiger partial charge in [-0.1, -0.05) is 11.6 Å². The second kappa shape index (κ2) is 5.77. The van der Waals surface area contributed by atoms with E-state index in [1.54, 1.807) is 0 Å². The summed E-state index contributed by atoms with van der Waals surface area (Å²) in [7, 11) is 0. The van der Waals surface area contributed by atoms with Crippen molar-refractivity contribution in [2.45, 2.75) is 25.7 Å². The van der Waals surface area contributed by atoms with Crippen molar-refractivity contribution >= 4 is 34.9 Å². The van der Waals surface area contributed by atoms with Gasteiger partial charge < -0.3 is 4.90 Å². The zero-order valence-corrected chi connectivity index (χ0v) is 13.0. The van der Waals surface area contributed by atoms with E-state index < -0.39 is 10.3 Å². The van der Waals surface area contributed by atoms with Crippen LogP contribution in [-0.4, -0.2) is 34.8 Å². The van der Waals surface area contributed by atoms with E-state index in [9.17, 15) is 19.7 Å². The van der Waals surface area contributed by atoms with Crippen LogP contribution in [0.1, 0.15) is 25.7 Å². The molecule has 0 aromatic carbocycles. The molecule has 0 bridgehead atoms. The number of carbonyl (C=O) groups is 2. The van der Waals surface area contributed by atoms with Crippen LogP contribution < -0.4 is 10.2 Å². The van der Waals surface area contributed by atoms with Crippen LogP contribution >= 0.6 is 11.6 Å². The van der Waals surface area contributed by atoms with Gasteiger partial charge in [0, 0.05) is 25.6 Å². The summed E-state index contributed by atoms with van der Waals surface area (Å²) in [6, 6.07) is 1.26. The van der Waals surface area contributed by atoms with Gasteiger partial charge in [0.2, 0.25) is 11.8 Å². The number of rotatable bonds is 2. The summed E-state index contributed by atoms with van der Waals surface area (Å²) in [4.78, 5) is 40.0. The Labute approximate surface area is 137 Å². The van der Waals surface area contributed by atoms with Crippen LogP contribution in [0.3, 0.4) is 0 Å². The molecule has 1 aromatic rings. The Morgan fingerprint density at radius 3 is 2.87 bits per heavy atom. The molecule has 23 heavy (non-hydrogen) atoms. The van der Waals surface area contributed by atoms with Crippen molar-refractivity contribution < 1.29 is 14.5 Å². The summed E-state index contributed by atoms with van der Waals surface area (Å²) in [5.41, 5.74) is -0.802. The topological polar surface area (TPSA) is 105 Å². The number of nitro groups is 1. The number of amides is 2. The van der Waals surface area contributed by atoms with Crippen molar-refractivity contribution in [3.8, 4) is 0 Å². The van der Waals surface area contributed by atoms with Gasteiger partial charge in [0.15, 0.2) is 0 Å². The lowest BCUT2D eigenvalue weighted by Gasteiger charge is -2.26. The molecule has 8 nitrogen and oxygen atoms in total. The number of nitrogens with zero attached hydrogens (tertiary/aromatic N) is 3. The number of imide groups is 1. The Hall–Kier alpha value is -2.22. The second-order valence-electron chi connectivity index (χ2n) is 5.94. The SMILES string of the molecule is O=C1CCCC2(CCN(c3ncc([N+](=O)[O-])cc3Cl)C2)C(=O)N1. The lowest BCUT2D eigenvalue weighted by atomic mass is 9.82. The van der Waals surface area contributed by atoms with Crippen LogP contribution in [0.15, 0.2) is 12.3 Å². The normalized spacial score (nSPS) is 24.7. The lowest BCUT2D eigenvalue weighted by molar-refractivity contribution is -0.385. The molecule has 9 heteroatoms. The van der Waals surface area contributed by atoms with Gasteiger partial charge in [0.25, 0.3) is 5.69 Å². The highest BCUT2D eigenvalue weighted by Gasteiger charge is 2.46. The van der Waals surface area contributed by atoms with Gasteiger partial charge in [-0.15, -0.1) is 0 Å². The molecule has 2 aliphatic heterocycles. The van der Waals surface area contributed by atoms with Gasteiger partial charge in [-0.2, -0.15) is 0 Å². The Morgan fingerprint density at radius 2 is 2.17 bits per heavy atom. The lowest BCUT2D eigenvalue weighted by Crippen LogP contribution is -2.43. The summed E-state index contributed by atoms with van der Waals surface area (Å²) in [6.07, 6.45) is 3.40. The number of hydrogen-bond acceptors (Lipinski definition) is 6. The number of nitrogens with one attached hydrogen (secondary N) is 1. The minimum absolute atomic E-state index is 0.175.